The van der Waals surface area contributed by atoms with Crippen molar-refractivity contribution >= 4 is 39.9 Å². The van der Waals surface area contributed by atoms with Gasteiger partial charge in [-0.05, 0) is 43.3 Å². The predicted molar refractivity (Wildman–Crippen MR) is 142 cm³/mol. The van der Waals surface area contributed by atoms with E-state index in [-0.39, 0.29) is 19.1 Å². The van der Waals surface area contributed by atoms with Gasteiger partial charge < -0.3 is 24.8 Å². The van der Waals surface area contributed by atoms with Crippen LogP contribution in [0.2, 0.25) is 5.02 Å². The lowest BCUT2D eigenvalue weighted by molar-refractivity contribution is -0.124. The third-order valence-corrected chi connectivity index (χ3v) is 5.43. The lowest BCUT2D eigenvalue weighted by Crippen LogP contribution is -2.27. The molecule has 9 nitrogen and oxygen atoms in total. The first kappa shape index (κ1) is 25.7. The molecule has 0 aliphatic rings. The Hall–Kier alpha value is -4.39. The summed E-state index contributed by atoms with van der Waals surface area (Å²) < 4.78 is 16.1. The maximum Gasteiger partial charge on any atom is 0.246 e. The van der Waals surface area contributed by atoms with Gasteiger partial charge in [0.25, 0.3) is 0 Å². The summed E-state index contributed by atoms with van der Waals surface area (Å²) in [6.45, 7) is 2.06. The van der Waals surface area contributed by atoms with Gasteiger partial charge in [-0.15, -0.1) is 0 Å². The lowest BCUT2D eigenvalue weighted by atomic mass is 10.1. The van der Waals surface area contributed by atoms with Gasteiger partial charge in [-0.1, -0.05) is 23.4 Å². The Bertz CT molecular complexity index is 1480. The van der Waals surface area contributed by atoms with E-state index in [1.54, 1.807) is 31.5 Å². The van der Waals surface area contributed by atoms with E-state index >= 15 is 0 Å². The Balaban J connectivity index is 1.57. The molecule has 0 unspecified atom stereocenters. The summed E-state index contributed by atoms with van der Waals surface area (Å²) in [6.07, 6.45) is 3.11. The number of methoxy groups -OCH3 is 2. The van der Waals surface area contributed by atoms with E-state index in [2.05, 4.69) is 37.4 Å². The minimum Gasteiger partial charge on any atom is -0.495 e. The van der Waals surface area contributed by atoms with Crippen LogP contribution >= 0.6 is 11.6 Å². The van der Waals surface area contributed by atoms with Crippen molar-refractivity contribution in [1.29, 1.82) is 0 Å². The zero-order chi connectivity index (χ0) is 26.2. The molecule has 4 rings (SSSR count). The number of rotatable bonds is 8. The Kier molecular flexibility index (Phi) is 8.36. The Labute approximate surface area is 219 Å². The van der Waals surface area contributed by atoms with Crippen LogP contribution in [-0.4, -0.2) is 48.2 Å². The second-order valence-electron chi connectivity index (χ2n) is 7.81. The molecule has 0 saturated carbocycles. The highest BCUT2D eigenvalue weighted by Crippen LogP contribution is 2.34. The quantitative estimate of drug-likeness (QED) is 0.325. The van der Waals surface area contributed by atoms with Gasteiger partial charge in [0, 0.05) is 29.9 Å². The molecule has 0 spiro atoms. The van der Waals surface area contributed by atoms with Crippen LogP contribution in [0.1, 0.15) is 11.3 Å². The number of ether oxygens (including phenoxy) is 3. The van der Waals surface area contributed by atoms with E-state index in [1.807, 2.05) is 31.2 Å². The molecule has 2 aromatic heterocycles. The fourth-order valence-electron chi connectivity index (χ4n) is 3.35. The summed E-state index contributed by atoms with van der Waals surface area (Å²) in [5, 5.41) is 7.10. The summed E-state index contributed by atoms with van der Waals surface area (Å²) in [5.74, 6) is 7.93. The van der Waals surface area contributed by atoms with E-state index in [9.17, 15) is 4.79 Å². The van der Waals surface area contributed by atoms with Gasteiger partial charge in [-0.25, -0.2) is 9.97 Å². The zero-order valence-electron chi connectivity index (χ0n) is 20.5. The highest BCUT2D eigenvalue weighted by atomic mass is 35.5. The Morgan fingerprint density at radius 1 is 1.05 bits per heavy atom. The first-order valence-corrected chi connectivity index (χ1v) is 11.6. The number of halogens is 1. The number of amides is 1. The highest BCUT2D eigenvalue weighted by Gasteiger charge is 2.11. The summed E-state index contributed by atoms with van der Waals surface area (Å²) in [7, 11) is 3.02. The number of nitrogens with zero attached hydrogens (tertiary/aromatic N) is 3. The van der Waals surface area contributed by atoms with Crippen LogP contribution in [0.4, 0.5) is 11.5 Å². The number of aryl methyl sites for hydroxylation is 1. The molecule has 0 atom stereocenters. The van der Waals surface area contributed by atoms with Crippen molar-refractivity contribution in [2.45, 2.75) is 6.92 Å². The third kappa shape index (κ3) is 6.64. The molecule has 37 heavy (non-hydrogen) atoms. The minimum atomic E-state index is -0.243. The molecule has 188 valence electrons. The Morgan fingerprint density at radius 3 is 2.65 bits per heavy atom. The van der Waals surface area contributed by atoms with E-state index in [1.165, 1.54) is 13.4 Å². The number of benzene rings is 2. The van der Waals surface area contributed by atoms with Crippen LogP contribution in [-0.2, 0) is 9.53 Å². The van der Waals surface area contributed by atoms with Crippen LogP contribution in [0, 0.1) is 18.8 Å². The van der Waals surface area contributed by atoms with Crippen molar-refractivity contribution < 1.29 is 19.0 Å². The van der Waals surface area contributed by atoms with Crippen LogP contribution in [0.5, 0.6) is 17.2 Å². The number of nitrogens with one attached hydrogen (secondary N) is 2. The standard InChI is InChI=1S/C27H24ClN5O4/c1-17-6-8-20(14-30-17)37-24-9-7-19(12-22(24)28)33-27-21-11-18(5-4-10-29-26(34)15-35-2)25(36-3)13-23(21)31-16-32-27/h6-9,11-14,16H,10,15H2,1-3H3,(H,29,34)(H,31,32,33). The summed E-state index contributed by atoms with van der Waals surface area (Å²) in [4.78, 5) is 24.5. The smallest absolute Gasteiger partial charge is 0.246 e. The molecule has 0 saturated heterocycles. The van der Waals surface area contributed by atoms with Crippen molar-refractivity contribution in [2.75, 3.05) is 32.7 Å². The largest absolute Gasteiger partial charge is 0.495 e. The van der Waals surface area contributed by atoms with E-state index in [0.717, 1.165) is 11.1 Å². The summed E-state index contributed by atoms with van der Waals surface area (Å²) >= 11 is 6.48. The van der Waals surface area contributed by atoms with Gasteiger partial charge in [0.15, 0.2) is 0 Å². The number of carbonyl (C=O) groups excluding carboxylic acids is 1. The number of pyridine rings is 1. The second kappa shape index (κ2) is 12.0. The first-order valence-electron chi connectivity index (χ1n) is 11.2. The molecule has 0 aliphatic heterocycles. The number of hydrogen-bond donors (Lipinski definition) is 2. The average molecular weight is 518 g/mol. The van der Waals surface area contributed by atoms with Crippen molar-refractivity contribution in [2.24, 2.45) is 0 Å². The number of fused-ring (bicyclic) bond motifs is 1. The molecule has 2 N–H and O–H groups in total. The molecule has 2 aromatic carbocycles. The monoisotopic (exact) mass is 517 g/mol. The van der Waals surface area contributed by atoms with Crippen molar-refractivity contribution in [3.05, 3.63) is 71.3 Å². The number of carbonyl (C=O) groups is 1. The van der Waals surface area contributed by atoms with Crippen LogP contribution in [0.15, 0.2) is 55.0 Å². The van der Waals surface area contributed by atoms with Crippen molar-refractivity contribution in [1.82, 2.24) is 20.3 Å². The van der Waals surface area contributed by atoms with Gasteiger partial charge >= 0.3 is 0 Å². The normalized spacial score (nSPS) is 10.4. The Morgan fingerprint density at radius 2 is 1.92 bits per heavy atom. The molecule has 4 aromatic rings. The molecular weight excluding hydrogens is 494 g/mol. The topological polar surface area (TPSA) is 107 Å². The maximum absolute atomic E-state index is 11.5. The van der Waals surface area contributed by atoms with Gasteiger partial charge in [0.05, 0.1) is 36.0 Å². The lowest BCUT2D eigenvalue weighted by Gasteiger charge is -2.12. The fourth-order valence-corrected chi connectivity index (χ4v) is 3.57. The minimum absolute atomic E-state index is 0.0202. The van der Waals surface area contributed by atoms with Crippen molar-refractivity contribution in [3.8, 4) is 29.1 Å². The second-order valence-corrected chi connectivity index (χ2v) is 8.22. The molecular formula is C27H24ClN5O4. The van der Waals surface area contributed by atoms with Crippen LogP contribution in [0.3, 0.4) is 0 Å². The number of hydrogen-bond acceptors (Lipinski definition) is 8. The van der Waals surface area contributed by atoms with Crippen LogP contribution in [0.25, 0.3) is 10.9 Å². The third-order valence-electron chi connectivity index (χ3n) is 5.14. The number of anilines is 2. The van der Waals surface area contributed by atoms with E-state index in [4.69, 9.17) is 25.8 Å². The van der Waals surface area contributed by atoms with Crippen LogP contribution < -0.4 is 20.1 Å². The molecule has 0 aliphatic carbocycles. The van der Waals surface area contributed by atoms with E-state index < -0.39 is 0 Å². The molecule has 0 radical (unpaired) electrons. The number of aromatic nitrogens is 3. The van der Waals surface area contributed by atoms with Crippen molar-refractivity contribution in [3.63, 3.8) is 0 Å². The summed E-state index contributed by atoms with van der Waals surface area (Å²) in [6, 6.07) is 12.7. The maximum atomic E-state index is 11.5. The van der Waals surface area contributed by atoms with Gasteiger partial charge in [0.2, 0.25) is 5.91 Å². The van der Waals surface area contributed by atoms with Gasteiger partial charge in [-0.3, -0.25) is 9.78 Å². The van der Waals surface area contributed by atoms with E-state index in [0.29, 0.717) is 44.9 Å². The molecule has 10 heteroatoms. The molecule has 1 amide bonds. The highest BCUT2D eigenvalue weighted by molar-refractivity contribution is 6.32. The van der Waals surface area contributed by atoms with Gasteiger partial charge in [0.1, 0.15) is 36.0 Å². The SMILES string of the molecule is COCC(=O)NCC#Cc1cc2c(Nc3ccc(Oc4ccc(C)nc4)c(Cl)c3)ncnc2cc1OC. The predicted octanol–water partition coefficient (Wildman–Crippen LogP) is 4.65. The summed E-state index contributed by atoms with van der Waals surface area (Å²) in [5.41, 5.74) is 2.91. The molecule has 0 bridgehead atoms. The fraction of sp³-hybridized carbons (Fsp3) is 0.185. The molecule has 0 fully saturated rings. The zero-order valence-corrected chi connectivity index (χ0v) is 21.2. The van der Waals surface area contributed by atoms with Gasteiger partial charge in [-0.2, -0.15) is 0 Å². The average Bonchev–Trinajstić information content (AvgIpc) is 2.89. The molecule has 2 heterocycles. The first-order chi connectivity index (χ1) is 18.0.